The van der Waals surface area contributed by atoms with Crippen LogP contribution in [0.3, 0.4) is 0 Å². The van der Waals surface area contributed by atoms with Crippen LogP contribution in [0.5, 0.6) is 5.75 Å². The number of rotatable bonds is 11. The Labute approximate surface area is 243 Å². The van der Waals surface area contributed by atoms with Crippen molar-refractivity contribution in [2.45, 2.75) is 58.0 Å². The third-order valence-electron chi connectivity index (χ3n) is 8.16. The molecule has 0 saturated heterocycles. The molecule has 7 nitrogen and oxygen atoms in total. The van der Waals surface area contributed by atoms with Crippen LogP contribution in [0, 0.1) is 19.8 Å². The van der Waals surface area contributed by atoms with E-state index in [0.29, 0.717) is 25.4 Å². The van der Waals surface area contributed by atoms with Gasteiger partial charge in [0.1, 0.15) is 5.75 Å². The van der Waals surface area contributed by atoms with Crippen molar-refractivity contribution in [3.63, 3.8) is 0 Å². The molecule has 1 aliphatic rings. The molecule has 218 valence electrons. The van der Waals surface area contributed by atoms with Gasteiger partial charge in [-0.1, -0.05) is 79.6 Å². The molecule has 0 bridgehead atoms. The highest BCUT2D eigenvalue weighted by Crippen LogP contribution is 2.38. The minimum Gasteiger partial charge on any atom is -0.410 e. The topological polar surface area (TPSA) is 88.1 Å². The van der Waals surface area contributed by atoms with E-state index in [9.17, 15) is 14.7 Å². The minimum absolute atomic E-state index is 0.0124. The van der Waals surface area contributed by atoms with E-state index in [1.807, 2.05) is 74.5 Å². The van der Waals surface area contributed by atoms with E-state index in [1.54, 1.807) is 12.0 Å². The zero-order chi connectivity index (χ0) is 29.2. The molecule has 0 aliphatic heterocycles. The number of benzene rings is 3. The molecule has 1 fully saturated rings. The summed E-state index contributed by atoms with van der Waals surface area (Å²) in [6.45, 7) is 4.98. The Hall–Kier alpha value is -3.68. The Kier molecular flexibility index (Phi) is 10.9. The lowest BCUT2D eigenvalue weighted by Gasteiger charge is -2.32. The van der Waals surface area contributed by atoms with Crippen LogP contribution in [-0.4, -0.2) is 48.9 Å². The number of nitrogens with one attached hydrogen (secondary N) is 1. The number of hydrogen-bond donors (Lipinski definition) is 2. The standard InChI is InChI=1S/C34H42N2O5/c1-24-10-9-15-32(25(24)2)41-34(39)36(20-21-40-3)22-26-16-18-27(19-17-26)29-13-7-8-14-30(29)33(38)35-31(23-37)28-11-5-4-6-12-28/h4-6,9-12,15-19,29-31,37H,7-8,13-14,20-23H2,1-3H3,(H,35,38). The van der Waals surface area contributed by atoms with Crippen molar-refractivity contribution < 1.29 is 24.2 Å². The van der Waals surface area contributed by atoms with Crippen molar-refractivity contribution in [2.24, 2.45) is 5.92 Å². The van der Waals surface area contributed by atoms with Crippen molar-refractivity contribution in [1.29, 1.82) is 0 Å². The molecule has 0 spiro atoms. The fraction of sp³-hybridized carbons (Fsp3) is 0.412. The Morgan fingerprint density at radius 1 is 0.976 bits per heavy atom. The van der Waals surface area contributed by atoms with Gasteiger partial charge in [-0.25, -0.2) is 4.79 Å². The molecule has 1 saturated carbocycles. The van der Waals surface area contributed by atoms with Gasteiger partial charge in [-0.15, -0.1) is 0 Å². The first-order valence-corrected chi connectivity index (χ1v) is 14.5. The first-order valence-electron chi connectivity index (χ1n) is 14.5. The number of carbonyl (C=O) groups is 2. The number of aliphatic hydroxyl groups excluding tert-OH is 1. The molecular weight excluding hydrogens is 516 g/mol. The summed E-state index contributed by atoms with van der Waals surface area (Å²) >= 11 is 0. The monoisotopic (exact) mass is 558 g/mol. The zero-order valence-electron chi connectivity index (χ0n) is 24.3. The fourth-order valence-electron chi connectivity index (χ4n) is 5.56. The number of methoxy groups -OCH3 is 1. The number of nitrogens with zero attached hydrogens (tertiary/aromatic N) is 1. The lowest BCUT2D eigenvalue weighted by Crippen LogP contribution is -2.39. The number of aryl methyl sites for hydroxylation is 1. The molecule has 3 atom stereocenters. The van der Waals surface area contributed by atoms with E-state index < -0.39 is 12.1 Å². The van der Waals surface area contributed by atoms with Crippen LogP contribution in [-0.2, 0) is 16.1 Å². The summed E-state index contributed by atoms with van der Waals surface area (Å²) in [7, 11) is 1.61. The van der Waals surface area contributed by atoms with Crippen LogP contribution in [0.25, 0.3) is 0 Å². The highest BCUT2D eigenvalue weighted by molar-refractivity contribution is 5.80. The molecule has 41 heavy (non-hydrogen) atoms. The second kappa shape index (κ2) is 14.8. The van der Waals surface area contributed by atoms with Gasteiger partial charge in [0.15, 0.2) is 0 Å². The van der Waals surface area contributed by atoms with Crippen LogP contribution >= 0.6 is 0 Å². The second-order valence-electron chi connectivity index (χ2n) is 10.9. The Morgan fingerprint density at radius 2 is 1.71 bits per heavy atom. The maximum atomic E-state index is 13.4. The Morgan fingerprint density at radius 3 is 2.41 bits per heavy atom. The third-order valence-corrected chi connectivity index (χ3v) is 8.16. The Bertz CT molecular complexity index is 1280. The first-order chi connectivity index (χ1) is 19.9. The maximum Gasteiger partial charge on any atom is 0.415 e. The number of hydrogen-bond acceptors (Lipinski definition) is 5. The second-order valence-corrected chi connectivity index (χ2v) is 10.9. The summed E-state index contributed by atoms with van der Waals surface area (Å²) in [6.07, 6.45) is 3.43. The van der Waals surface area contributed by atoms with Crippen LogP contribution in [0.2, 0.25) is 0 Å². The highest BCUT2D eigenvalue weighted by atomic mass is 16.6. The largest absolute Gasteiger partial charge is 0.415 e. The SMILES string of the molecule is COCCN(Cc1ccc(C2CCCCC2C(=O)NC(CO)c2ccccc2)cc1)C(=O)Oc1cccc(C)c1C. The van der Waals surface area contributed by atoms with Gasteiger partial charge in [-0.3, -0.25) is 4.79 Å². The first kappa shape index (κ1) is 30.3. The van der Waals surface area contributed by atoms with E-state index in [1.165, 1.54) is 0 Å². The minimum atomic E-state index is -0.421. The summed E-state index contributed by atoms with van der Waals surface area (Å²) in [5.41, 5.74) is 5.00. The smallest absolute Gasteiger partial charge is 0.410 e. The summed E-state index contributed by atoms with van der Waals surface area (Å²) in [5.74, 6) is 0.497. The highest BCUT2D eigenvalue weighted by Gasteiger charge is 2.33. The molecule has 0 radical (unpaired) electrons. The molecule has 0 aromatic heterocycles. The molecule has 7 heteroatoms. The van der Waals surface area contributed by atoms with E-state index in [-0.39, 0.29) is 24.3 Å². The van der Waals surface area contributed by atoms with Crippen LogP contribution < -0.4 is 10.1 Å². The molecule has 3 unspecified atom stereocenters. The van der Waals surface area contributed by atoms with Crippen molar-refractivity contribution in [2.75, 3.05) is 26.9 Å². The predicted molar refractivity (Wildman–Crippen MR) is 160 cm³/mol. The molecule has 1 aliphatic carbocycles. The lowest BCUT2D eigenvalue weighted by atomic mass is 9.74. The summed E-state index contributed by atoms with van der Waals surface area (Å²) in [5, 5.41) is 13.0. The predicted octanol–water partition coefficient (Wildman–Crippen LogP) is 6.07. The Balaban J connectivity index is 1.44. The van der Waals surface area contributed by atoms with Gasteiger partial charge in [0.25, 0.3) is 0 Å². The average molecular weight is 559 g/mol. The van der Waals surface area contributed by atoms with Gasteiger partial charge in [-0.2, -0.15) is 0 Å². The molecule has 2 N–H and O–H groups in total. The molecule has 3 aromatic carbocycles. The van der Waals surface area contributed by atoms with Crippen molar-refractivity contribution in [3.8, 4) is 5.75 Å². The summed E-state index contributed by atoms with van der Waals surface area (Å²) < 4.78 is 11.0. The maximum absolute atomic E-state index is 13.4. The van der Waals surface area contributed by atoms with Gasteiger partial charge >= 0.3 is 6.09 Å². The summed E-state index contributed by atoms with van der Waals surface area (Å²) in [6, 6.07) is 23.1. The molecule has 0 heterocycles. The van der Waals surface area contributed by atoms with E-state index in [0.717, 1.165) is 53.5 Å². The molecule has 2 amide bonds. The van der Waals surface area contributed by atoms with E-state index >= 15 is 0 Å². The van der Waals surface area contributed by atoms with Crippen LogP contribution in [0.4, 0.5) is 4.79 Å². The van der Waals surface area contributed by atoms with Gasteiger partial charge in [-0.05, 0) is 66.5 Å². The molecule has 3 aromatic rings. The van der Waals surface area contributed by atoms with Crippen LogP contribution in [0.15, 0.2) is 72.8 Å². The number of amides is 2. The van der Waals surface area contributed by atoms with Gasteiger partial charge in [0.05, 0.1) is 19.3 Å². The van der Waals surface area contributed by atoms with Gasteiger partial charge in [0.2, 0.25) is 5.91 Å². The fourth-order valence-corrected chi connectivity index (χ4v) is 5.56. The quantitative estimate of drug-likeness (QED) is 0.298. The van der Waals surface area contributed by atoms with Gasteiger partial charge < -0.3 is 24.8 Å². The molecule has 4 rings (SSSR count). The average Bonchev–Trinajstić information content (AvgIpc) is 3.01. The lowest BCUT2D eigenvalue weighted by molar-refractivity contribution is -0.127. The van der Waals surface area contributed by atoms with Crippen molar-refractivity contribution in [3.05, 3.63) is 101 Å². The number of carbonyl (C=O) groups excluding carboxylic acids is 2. The number of ether oxygens (including phenoxy) is 2. The number of aliphatic hydroxyl groups is 1. The van der Waals surface area contributed by atoms with Gasteiger partial charge in [0, 0.05) is 26.1 Å². The summed E-state index contributed by atoms with van der Waals surface area (Å²) in [4.78, 5) is 28.2. The normalized spacial score (nSPS) is 17.5. The van der Waals surface area contributed by atoms with Crippen LogP contribution in [0.1, 0.15) is 65.5 Å². The van der Waals surface area contributed by atoms with E-state index in [4.69, 9.17) is 9.47 Å². The third kappa shape index (κ3) is 7.96. The van der Waals surface area contributed by atoms with Crippen molar-refractivity contribution in [1.82, 2.24) is 10.2 Å². The van der Waals surface area contributed by atoms with E-state index in [2.05, 4.69) is 17.4 Å². The zero-order valence-corrected chi connectivity index (χ0v) is 24.3. The van der Waals surface area contributed by atoms with Crippen molar-refractivity contribution >= 4 is 12.0 Å². The molecular formula is C34H42N2O5.